The molecule has 2 rings (SSSR count). The lowest BCUT2D eigenvalue weighted by atomic mass is 9.97. The molecular formula is C14H13F2IN2. The minimum absolute atomic E-state index is 0.326. The fourth-order valence-electron chi connectivity index (χ4n) is 1.98. The van der Waals surface area contributed by atoms with E-state index in [1.54, 1.807) is 0 Å². The van der Waals surface area contributed by atoms with Gasteiger partial charge in [0.25, 0.3) is 0 Å². The zero-order chi connectivity index (χ0) is 14.0. The summed E-state index contributed by atoms with van der Waals surface area (Å²) in [5.74, 6) is 4.34. The van der Waals surface area contributed by atoms with E-state index >= 15 is 0 Å². The van der Waals surface area contributed by atoms with Crippen molar-refractivity contribution in [1.29, 1.82) is 0 Å². The maximum atomic E-state index is 13.9. The third kappa shape index (κ3) is 2.93. The number of nitrogens with one attached hydrogen (secondary N) is 1. The van der Waals surface area contributed by atoms with Crippen LogP contribution in [0.5, 0.6) is 0 Å². The van der Waals surface area contributed by atoms with Crippen molar-refractivity contribution < 1.29 is 8.78 Å². The number of hydrazine groups is 1. The summed E-state index contributed by atoms with van der Waals surface area (Å²) in [7, 11) is 0. The molecule has 0 aromatic heterocycles. The van der Waals surface area contributed by atoms with E-state index in [1.807, 2.05) is 25.1 Å². The zero-order valence-corrected chi connectivity index (χ0v) is 12.4. The Bertz CT molecular complexity index is 602. The largest absolute Gasteiger partial charge is 0.271 e. The summed E-state index contributed by atoms with van der Waals surface area (Å²) in [5, 5.41) is 0. The molecule has 1 unspecified atom stereocenters. The molecular weight excluding hydrogens is 361 g/mol. The summed E-state index contributed by atoms with van der Waals surface area (Å²) >= 11 is 2.20. The Morgan fingerprint density at radius 2 is 1.89 bits per heavy atom. The van der Waals surface area contributed by atoms with Gasteiger partial charge in [0, 0.05) is 15.2 Å². The van der Waals surface area contributed by atoms with Crippen molar-refractivity contribution in [2.24, 2.45) is 5.84 Å². The van der Waals surface area contributed by atoms with Gasteiger partial charge in [0.2, 0.25) is 0 Å². The van der Waals surface area contributed by atoms with Crippen LogP contribution in [0.1, 0.15) is 22.7 Å². The van der Waals surface area contributed by atoms with Gasteiger partial charge in [-0.25, -0.2) is 14.2 Å². The second-order valence-corrected chi connectivity index (χ2v) is 5.32. The van der Waals surface area contributed by atoms with E-state index in [2.05, 4.69) is 28.0 Å². The number of aryl methyl sites for hydroxylation is 1. The van der Waals surface area contributed by atoms with Crippen LogP contribution in [0, 0.1) is 22.1 Å². The number of nitrogens with two attached hydrogens (primary N) is 1. The van der Waals surface area contributed by atoms with E-state index in [-0.39, 0.29) is 0 Å². The average Bonchev–Trinajstić information content (AvgIpc) is 2.37. The zero-order valence-electron chi connectivity index (χ0n) is 10.3. The molecule has 0 bridgehead atoms. The van der Waals surface area contributed by atoms with Gasteiger partial charge in [0.15, 0.2) is 0 Å². The standard InChI is InChI=1S/C14H13F2IN2/c1-8-3-2-4-11(13(8)17)14(19-18)10-6-5-9(15)7-12(10)16/h2-7,14,19H,18H2,1H3. The molecule has 0 spiro atoms. The molecule has 1 atom stereocenters. The van der Waals surface area contributed by atoms with Crippen LogP contribution in [0.2, 0.25) is 0 Å². The number of halogens is 3. The minimum Gasteiger partial charge on any atom is -0.271 e. The first kappa shape index (κ1) is 14.4. The van der Waals surface area contributed by atoms with Gasteiger partial charge in [-0.1, -0.05) is 24.3 Å². The van der Waals surface area contributed by atoms with Gasteiger partial charge in [-0.15, -0.1) is 0 Å². The Morgan fingerprint density at radius 3 is 2.53 bits per heavy atom. The first-order chi connectivity index (χ1) is 9.04. The van der Waals surface area contributed by atoms with Crippen molar-refractivity contribution in [1.82, 2.24) is 5.43 Å². The van der Waals surface area contributed by atoms with Gasteiger partial charge in [0.1, 0.15) is 11.6 Å². The van der Waals surface area contributed by atoms with Crippen LogP contribution in [0.15, 0.2) is 36.4 Å². The summed E-state index contributed by atoms with van der Waals surface area (Å²) in [6, 6.07) is 8.73. The lowest BCUT2D eigenvalue weighted by Gasteiger charge is -2.20. The van der Waals surface area contributed by atoms with Crippen LogP contribution in [0.4, 0.5) is 8.78 Å². The number of benzene rings is 2. The van der Waals surface area contributed by atoms with Crippen LogP contribution in [0.3, 0.4) is 0 Å². The molecule has 0 heterocycles. The quantitative estimate of drug-likeness (QED) is 0.491. The van der Waals surface area contributed by atoms with E-state index in [0.29, 0.717) is 5.56 Å². The number of hydrogen-bond donors (Lipinski definition) is 2. The van der Waals surface area contributed by atoms with Crippen LogP contribution >= 0.6 is 22.6 Å². The van der Waals surface area contributed by atoms with Crippen molar-refractivity contribution in [3.8, 4) is 0 Å². The molecule has 0 aliphatic rings. The van der Waals surface area contributed by atoms with Crippen molar-refractivity contribution >= 4 is 22.6 Å². The summed E-state index contributed by atoms with van der Waals surface area (Å²) in [6.45, 7) is 1.97. The molecule has 5 heteroatoms. The SMILES string of the molecule is Cc1cccc(C(NN)c2ccc(F)cc2F)c1I. The normalized spacial score (nSPS) is 12.5. The van der Waals surface area contributed by atoms with E-state index in [1.165, 1.54) is 12.1 Å². The molecule has 0 saturated heterocycles. The second kappa shape index (κ2) is 5.94. The Kier molecular flexibility index (Phi) is 4.49. The molecule has 2 nitrogen and oxygen atoms in total. The highest BCUT2D eigenvalue weighted by molar-refractivity contribution is 14.1. The molecule has 0 aliphatic heterocycles. The van der Waals surface area contributed by atoms with Gasteiger partial charge in [-0.3, -0.25) is 5.84 Å². The van der Waals surface area contributed by atoms with Crippen molar-refractivity contribution in [2.45, 2.75) is 13.0 Å². The molecule has 3 N–H and O–H groups in total. The van der Waals surface area contributed by atoms with Gasteiger partial charge in [0.05, 0.1) is 6.04 Å². The first-order valence-electron chi connectivity index (χ1n) is 5.70. The molecule has 100 valence electrons. The van der Waals surface area contributed by atoms with Gasteiger partial charge >= 0.3 is 0 Å². The number of rotatable bonds is 3. The molecule has 19 heavy (non-hydrogen) atoms. The molecule has 0 aliphatic carbocycles. The fraction of sp³-hybridized carbons (Fsp3) is 0.143. The monoisotopic (exact) mass is 374 g/mol. The summed E-state index contributed by atoms with van der Waals surface area (Å²) in [5.41, 5.74) is 4.88. The van der Waals surface area contributed by atoms with E-state index in [9.17, 15) is 8.78 Å². The predicted molar refractivity (Wildman–Crippen MR) is 79.4 cm³/mol. The van der Waals surface area contributed by atoms with Gasteiger partial charge < -0.3 is 0 Å². The highest BCUT2D eigenvalue weighted by Crippen LogP contribution is 2.29. The maximum Gasteiger partial charge on any atom is 0.131 e. The van der Waals surface area contributed by atoms with Crippen LogP contribution in [-0.4, -0.2) is 0 Å². The molecule has 2 aromatic rings. The lowest BCUT2D eigenvalue weighted by Crippen LogP contribution is -2.30. The van der Waals surface area contributed by atoms with Gasteiger partial charge in [-0.05, 0) is 46.7 Å². The Balaban J connectivity index is 2.53. The molecule has 0 fully saturated rings. The van der Waals surface area contributed by atoms with E-state index in [4.69, 9.17) is 5.84 Å². The summed E-state index contributed by atoms with van der Waals surface area (Å²) in [4.78, 5) is 0. The maximum absolute atomic E-state index is 13.9. The van der Waals surface area contributed by atoms with Crippen LogP contribution in [0.25, 0.3) is 0 Å². The lowest BCUT2D eigenvalue weighted by molar-refractivity contribution is 0.540. The number of hydrogen-bond acceptors (Lipinski definition) is 2. The highest BCUT2D eigenvalue weighted by Gasteiger charge is 2.19. The van der Waals surface area contributed by atoms with Crippen molar-refractivity contribution in [3.05, 3.63) is 68.3 Å². The summed E-state index contributed by atoms with van der Waals surface area (Å²) < 4.78 is 27.8. The topological polar surface area (TPSA) is 38.0 Å². The van der Waals surface area contributed by atoms with Crippen molar-refractivity contribution in [2.75, 3.05) is 0 Å². The summed E-state index contributed by atoms with van der Waals surface area (Å²) in [6.07, 6.45) is 0. The molecule has 0 saturated carbocycles. The van der Waals surface area contributed by atoms with E-state index < -0.39 is 17.7 Å². The Hall–Kier alpha value is -1.05. The highest BCUT2D eigenvalue weighted by atomic mass is 127. The minimum atomic E-state index is -0.611. The molecule has 0 amide bonds. The third-order valence-electron chi connectivity index (χ3n) is 2.97. The van der Waals surface area contributed by atoms with Crippen LogP contribution < -0.4 is 11.3 Å². The Labute approximate surface area is 124 Å². The average molecular weight is 374 g/mol. The predicted octanol–water partition coefficient (Wildman–Crippen LogP) is 3.43. The molecule has 0 radical (unpaired) electrons. The first-order valence-corrected chi connectivity index (χ1v) is 6.78. The van der Waals surface area contributed by atoms with Crippen molar-refractivity contribution in [3.63, 3.8) is 0 Å². The van der Waals surface area contributed by atoms with Gasteiger partial charge in [-0.2, -0.15) is 0 Å². The van der Waals surface area contributed by atoms with Crippen LogP contribution in [-0.2, 0) is 0 Å². The Morgan fingerprint density at radius 1 is 1.16 bits per heavy atom. The molecule has 2 aromatic carbocycles. The third-order valence-corrected chi connectivity index (χ3v) is 4.45. The second-order valence-electron chi connectivity index (χ2n) is 4.24. The van der Waals surface area contributed by atoms with E-state index in [0.717, 1.165) is 20.8 Å². The smallest absolute Gasteiger partial charge is 0.131 e. The fourth-order valence-corrected chi connectivity index (χ4v) is 2.65.